The fraction of sp³-hybridized carbons (Fsp3) is 0.375. The third kappa shape index (κ3) is 4.06. The zero-order chi connectivity index (χ0) is 23.0. The predicted molar refractivity (Wildman–Crippen MR) is 122 cm³/mol. The third-order valence-corrected chi connectivity index (χ3v) is 8.11. The van der Waals surface area contributed by atoms with Gasteiger partial charge in [-0.15, -0.1) is 0 Å². The van der Waals surface area contributed by atoms with E-state index in [2.05, 4.69) is 0 Å². The van der Waals surface area contributed by atoms with Crippen molar-refractivity contribution in [1.29, 1.82) is 0 Å². The highest BCUT2D eigenvalue weighted by atomic mass is 32.2. The van der Waals surface area contributed by atoms with Crippen molar-refractivity contribution in [2.45, 2.75) is 45.3 Å². The molecule has 4 aliphatic rings. The second kappa shape index (κ2) is 8.72. The summed E-state index contributed by atoms with van der Waals surface area (Å²) in [6.07, 6.45) is 10.7. The van der Waals surface area contributed by atoms with Crippen LogP contribution in [-0.2, 0) is 30.8 Å². The van der Waals surface area contributed by atoms with Crippen molar-refractivity contribution in [3.05, 3.63) is 76.5 Å². The van der Waals surface area contributed by atoms with Crippen LogP contribution in [0.25, 0.3) is 0 Å². The summed E-state index contributed by atoms with van der Waals surface area (Å²) in [7, 11) is -3.87. The summed E-state index contributed by atoms with van der Waals surface area (Å²) in [4.78, 5) is 14.3. The van der Waals surface area contributed by atoms with Gasteiger partial charge in [0.25, 0.3) is 15.1 Å². The second-order valence-corrected chi connectivity index (χ2v) is 10.3. The second-order valence-electron chi connectivity index (χ2n) is 8.46. The number of ether oxygens (including phenoxy) is 3. The lowest BCUT2D eigenvalue weighted by molar-refractivity contribution is 0.135. The fourth-order valence-electron chi connectivity index (χ4n) is 4.65. The maximum absolute atomic E-state index is 13.3. The van der Waals surface area contributed by atoms with Crippen LogP contribution in [-0.4, -0.2) is 37.9 Å². The molecule has 1 amide bonds. The Morgan fingerprint density at radius 3 is 2.70 bits per heavy atom. The number of aryl methyl sites for hydroxylation is 1. The summed E-state index contributed by atoms with van der Waals surface area (Å²) >= 11 is 0. The molecule has 0 bridgehead atoms. The minimum Gasteiger partial charge on any atom is -0.464 e. The molecule has 1 fully saturated rings. The van der Waals surface area contributed by atoms with Crippen LogP contribution in [0.2, 0.25) is 0 Å². The standard InChI is InChI=1S/C24H26N2O6S/c1-17-6-5-9-19-14-31-24(27)26(23(17)19)20-10-12-25(13-11-20)33(28,29)22-16-30-15-21(32-22)18-7-3-2-4-8-18/h2-3,5-7,9,15-16,20H,4,8,10-14H2,1H3. The normalized spacial score (nSPS) is 21.8. The Bertz CT molecular complexity index is 1190. The van der Waals surface area contributed by atoms with Crippen molar-refractivity contribution < 1.29 is 27.4 Å². The summed E-state index contributed by atoms with van der Waals surface area (Å²) < 4.78 is 44.3. The number of benzene rings is 1. The Morgan fingerprint density at radius 1 is 1.12 bits per heavy atom. The van der Waals surface area contributed by atoms with Crippen LogP contribution in [0.5, 0.6) is 0 Å². The number of carbonyl (C=O) groups is 1. The largest absolute Gasteiger partial charge is 0.464 e. The number of fused-ring (bicyclic) bond motifs is 1. The number of piperidine rings is 1. The summed E-state index contributed by atoms with van der Waals surface area (Å²) in [5, 5.41) is -0.215. The summed E-state index contributed by atoms with van der Waals surface area (Å²) in [5.74, 6) is 0.415. The van der Waals surface area contributed by atoms with E-state index < -0.39 is 10.0 Å². The molecule has 0 atom stereocenters. The van der Waals surface area contributed by atoms with Crippen molar-refractivity contribution in [1.82, 2.24) is 4.31 Å². The highest BCUT2D eigenvalue weighted by Gasteiger charge is 2.39. The molecule has 1 aliphatic carbocycles. The number of rotatable bonds is 4. The molecule has 3 aliphatic heterocycles. The van der Waals surface area contributed by atoms with Gasteiger partial charge in [-0.05, 0) is 43.7 Å². The molecule has 1 saturated heterocycles. The lowest BCUT2D eigenvalue weighted by Gasteiger charge is -2.40. The average Bonchev–Trinajstić information content (AvgIpc) is 2.85. The van der Waals surface area contributed by atoms with E-state index in [1.165, 1.54) is 10.6 Å². The Hall–Kier alpha value is -3.04. The van der Waals surface area contributed by atoms with E-state index in [1.807, 2.05) is 43.4 Å². The molecule has 0 spiro atoms. The molecule has 0 unspecified atom stereocenters. The number of sulfonamides is 1. The molecule has 33 heavy (non-hydrogen) atoms. The van der Waals surface area contributed by atoms with E-state index in [-0.39, 0.29) is 36.9 Å². The van der Waals surface area contributed by atoms with Gasteiger partial charge in [-0.25, -0.2) is 13.2 Å². The molecule has 0 aromatic heterocycles. The highest BCUT2D eigenvalue weighted by molar-refractivity contribution is 7.92. The zero-order valence-corrected chi connectivity index (χ0v) is 19.2. The van der Waals surface area contributed by atoms with E-state index in [9.17, 15) is 13.2 Å². The van der Waals surface area contributed by atoms with Gasteiger partial charge in [0.05, 0.1) is 5.69 Å². The van der Waals surface area contributed by atoms with Gasteiger partial charge in [0.1, 0.15) is 19.1 Å². The van der Waals surface area contributed by atoms with Crippen LogP contribution in [0.1, 0.15) is 36.8 Å². The highest BCUT2D eigenvalue weighted by Crippen LogP contribution is 2.36. The number of amides is 1. The first-order valence-electron chi connectivity index (χ1n) is 11.1. The zero-order valence-electron chi connectivity index (χ0n) is 18.4. The Balaban J connectivity index is 1.29. The van der Waals surface area contributed by atoms with E-state index in [0.717, 1.165) is 41.5 Å². The number of para-hydroxylation sites is 1. The van der Waals surface area contributed by atoms with Gasteiger partial charge in [-0.3, -0.25) is 4.90 Å². The Kier molecular flexibility index (Phi) is 5.76. The number of cyclic esters (lactones) is 1. The molecular formula is C24H26N2O6S. The number of allylic oxidation sites excluding steroid dienone is 4. The van der Waals surface area contributed by atoms with Crippen LogP contribution in [0, 0.1) is 6.92 Å². The van der Waals surface area contributed by atoms with Gasteiger partial charge in [0.2, 0.25) is 0 Å². The molecule has 0 saturated carbocycles. The van der Waals surface area contributed by atoms with Gasteiger partial charge < -0.3 is 14.2 Å². The van der Waals surface area contributed by atoms with Crippen molar-refractivity contribution in [2.24, 2.45) is 0 Å². The first-order chi connectivity index (χ1) is 15.9. The van der Waals surface area contributed by atoms with Crippen LogP contribution in [0.4, 0.5) is 10.5 Å². The summed E-state index contributed by atoms with van der Waals surface area (Å²) in [6.45, 7) is 2.76. The fourth-order valence-corrected chi connectivity index (χ4v) is 5.97. The SMILES string of the molecule is Cc1cccc2c1N(C1CCN(S(=O)(=O)C3=COC=C(C4=CC=CCC4)O3)CC1)C(=O)OC2. The van der Waals surface area contributed by atoms with E-state index in [1.54, 1.807) is 4.90 Å². The molecule has 9 heteroatoms. The minimum atomic E-state index is -3.87. The average molecular weight is 471 g/mol. The molecule has 8 nitrogen and oxygen atoms in total. The maximum atomic E-state index is 13.3. The van der Waals surface area contributed by atoms with Crippen LogP contribution < -0.4 is 4.90 Å². The number of anilines is 1. The van der Waals surface area contributed by atoms with Gasteiger partial charge in [0.15, 0.2) is 5.76 Å². The first-order valence-corrected chi connectivity index (χ1v) is 12.5. The molecule has 5 rings (SSSR count). The molecule has 3 heterocycles. The van der Waals surface area contributed by atoms with Crippen molar-refractivity contribution in [2.75, 3.05) is 18.0 Å². The van der Waals surface area contributed by atoms with E-state index >= 15 is 0 Å². The first kappa shape index (κ1) is 21.8. The van der Waals surface area contributed by atoms with Crippen molar-refractivity contribution in [3.8, 4) is 0 Å². The van der Waals surface area contributed by atoms with Gasteiger partial charge in [-0.1, -0.05) is 36.4 Å². The monoisotopic (exact) mass is 470 g/mol. The Labute approximate surface area is 193 Å². The van der Waals surface area contributed by atoms with Crippen LogP contribution >= 0.6 is 0 Å². The van der Waals surface area contributed by atoms with Gasteiger partial charge in [-0.2, -0.15) is 4.31 Å². The van der Waals surface area contributed by atoms with Crippen LogP contribution in [0.3, 0.4) is 0 Å². The van der Waals surface area contributed by atoms with E-state index in [4.69, 9.17) is 14.2 Å². The minimum absolute atomic E-state index is 0.142. The predicted octanol–water partition coefficient (Wildman–Crippen LogP) is 4.21. The molecular weight excluding hydrogens is 444 g/mol. The molecule has 1 aromatic carbocycles. The van der Waals surface area contributed by atoms with Crippen molar-refractivity contribution in [3.63, 3.8) is 0 Å². The van der Waals surface area contributed by atoms with Crippen molar-refractivity contribution >= 4 is 21.8 Å². The Morgan fingerprint density at radius 2 is 1.94 bits per heavy atom. The molecule has 174 valence electrons. The smallest absolute Gasteiger partial charge is 0.414 e. The topological polar surface area (TPSA) is 85.4 Å². The van der Waals surface area contributed by atoms with Gasteiger partial charge >= 0.3 is 6.09 Å². The lowest BCUT2D eigenvalue weighted by atomic mass is 10.00. The van der Waals surface area contributed by atoms with Crippen LogP contribution in [0.15, 0.2) is 65.4 Å². The quantitative estimate of drug-likeness (QED) is 0.655. The molecule has 0 radical (unpaired) electrons. The molecule has 0 N–H and O–H groups in total. The van der Waals surface area contributed by atoms with E-state index in [0.29, 0.717) is 18.6 Å². The number of carbonyl (C=O) groups excluding carboxylic acids is 1. The number of nitrogens with zero attached hydrogens (tertiary/aromatic N) is 2. The summed E-state index contributed by atoms with van der Waals surface area (Å²) in [5.41, 5.74) is 3.75. The maximum Gasteiger partial charge on any atom is 0.414 e. The number of hydrogen-bond acceptors (Lipinski definition) is 6. The summed E-state index contributed by atoms with van der Waals surface area (Å²) in [6, 6.07) is 5.73. The third-order valence-electron chi connectivity index (χ3n) is 6.37. The number of hydrogen-bond donors (Lipinski definition) is 0. The lowest BCUT2D eigenvalue weighted by Crippen LogP contribution is -2.51. The van der Waals surface area contributed by atoms with Gasteiger partial charge in [0, 0.05) is 24.7 Å². The molecule has 1 aromatic rings.